The van der Waals surface area contributed by atoms with Gasteiger partial charge in [0, 0.05) is 25.0 Å². The maximum Gasteiger partial charge on any atom is 0.258 e. The molecule has 0 aliphatic carbocycles. The second-order valence-corrected chi connectivity index (χ2v) is 6.74. The van der Waals surface area contributed by atoms with Crippen molar-refractivity contribution in [2.45, 2.75) is 6.54 Å². The summed E-state index contributed by atoms with van der Waals surface area (Å²) in [5, 5.41) is 0. The van der Waals surface area contributed by atoms with E-state index < -0.39 is 0 Å². The molecule has 1 amide bonds. The van der Waals surface area contributed by atoms with Crippen molar-refractivity contribution in [3.63, 3.8) is 0 Å². The zero-order valence-electron chi connectivity index (χ0n) is 16.4. The molecule has 148 valence electrons. The fourth-order valence-corrected chi connectivity index (χ4v) is 3.41. The van der Waals surface area contributed by atoms with E-state index in [0.29, 0.717) is 42.5 Å². The SMILES string of the molecule is COc1cc(CN2CCOc3cc(-c4ccncc4)ccc3C2=O)cc(OC)c1. The third-order valence-electron chi connectivity index (χ3n) is 4.92. The molecule has 6 nitrogen and oxygen atoms in total. The molecule has 4 rings (SSSR count). The molecule has 0 radical (unpaired) electrons. The molecule has 2 heterocycles. The summed E-state index contributed by atoms with van der Waals surface area (Å²) >= 11 is 0. The summed E-state index contributed by atoms with van der Waals surface area (Å²) in [6, 6.07) is 15.2. The number of pyridine rings is 1. The van der Waals surface area contributed by atoms with Crippen molar-refractivity contribution >= 4 is 5.91 Å². The first-order valence-electron chi connectivity index (χ1n) is 9.36. The Morgan fingerprint density at radius 2 is 1.69 bits per heavy atom. The molecule has 0 unspecified atom stereocenters. The van der Waals surface area contributed by atoms with E-state index in [9.17, 15) is 4.79 Å². The third-order valence-corrected chi connectivity index (χ3v) is 4.92. The standard InChI is InChI=1S/C23H22N2O4/c1-27-19-11-16(12-20(14-19)28-2)15-25-9-10-29-22-13-18(3-4-21(22)23(25)26)17-5-7-24-8-6-17/h3-8,11-14H,9-10,15H2,1-2H3. The van der Waals surface area contributed by atoms with Crippen molar-refractivity contribution in [1.29, 1.82) is 0 Å². The summed E-state index contributed by atoms with van der Waals surface area (Å²) in [5.41, 5.74) is 3.52. The van der Waals surface area contributed by atoms with E-state index in [-0.39, 0.29) is 5.91 Å². The van der Waals surface area contributed by atoms with Crippen LogP contribution >= 0.6 is 0 Å². The van der Waals surface area contributed by atoms with Crippen LogP contribution in [0.5, 0.6) is 17.2 Å². The van der Waals surface area contributed by atoms with Crippen LogP contribution in [0.2, 0.25) is 0 Å². The number of rotatable bonds is 5. The number of carbonyl (C=O) groups excluding carboxylic acids is 1. The minimum Gasteiger partial charge on any atom is -0.497 e. The zero-order valence-corrected chi connectivity index (χ0v) is 16.4. The molecule has 1 aliphatic heterocycles. The Bertz CT molecular complexity index is 998. The number of fused-ring (bicyclic) bond motifs is 1. The zero-order chi connectivity index (χ0) is 20.2. The molecular weight excluding hydrogens is 368 g/mol. The van der Waals surface area contributed by atoms with Crippen LogP contribution in [0, 0.1) is 0 Å². The monoisotopic (exact) mass is 390 g/mol. The molecule has 29 heavy (non-hydrogen) atoms. The number of benzene rings is 2. The lowest BCUT2D eigenvalue weighted by atomic mass is 10.0. The molecule has 0 bridgehead atoms. The van der Waals surface area contributed by atoms with Gasteiger partial charge in [-0.1, -0.05) is 6.07 Å². The number of hydrogen-bond donors (Lipinski definition) is 0. The van der Waals surface area contributed by atoms with Crippen molar-refractivity contribution < 1.29 is 19.0 Å². The van der Waals surface area contributed by atoms with Crippen LogP contribution in [0.15, 0.2) is 60.9 Å². The highest BCUT2D eigenvalue weighted by atomic mass is 16.5. The summed E-state index contributed by atoms with van der Waals surface area (Å²) in [6.45, 7) is 1.37. The van der Waals surface area contributed by atoms with Gasteiger partial charge >= 0.3 is 0 Å². The van der Waals surface area contributed by atoms with E-state index in [1.54, 1.807) is 31.5 Å². The fraction of sp³-hybridized carbons (Fsp3) is 0.217. The van der Waals surface area contributed by atoms with E-state index in [2.05, 4.69) is 4.98 Å². The van der Waals surface area contributed by atoms with Crippen LogP contribution in [0.4, 0.5) is 0 Å². The smallest absolute Gasteiger partial charge is 0.258 e. The van der Waals surface area contributed by atoms with Gasteiger partial charge in [-0.3, -0.25) is 9.78 Å². The van der Waals surface area contributed by atoms with Crippen molar-refractivity contribution in [3.8, 4) is 28.4 Å². The Labute approximate surface area is 169 Å². The second-order valence-electron chi connectivity index (χ2n) is 6.74. The van der Waals surface area contributed by atoms with Gasteiger partial charge in [-0.15, -0.1) is 0 Å². The van der Waals surface area contributed by atoms with Crippen LogP contribution < -0.4 is 14.2 Å². The van der Waals surface area contributed by atoms with Gasteiger partial charge in [0.2, 0.25) is 0 Å². The summed E-state index contributed by atoms with van der Waals surface area (Å²) in [6.07, 6.45) is 3.49. The first-order chi connectivity index (χ1) is 14.2. The highest BCUT2D eigenvalue weighted by Gasteiger charge is 2.24. The van der Waals surface area contributed by atoms with Crippen LogP contribution in [-0.2, 0) is 6.54 Å². The molecule has 6 heteroatoms. The molecule has 3 aromatic rings. The number of methoxy groups -OCH3 is 2. The fourth-order valence-electron chi connectivity index (χ4n) is 3.41. The van der Waals surface area contributed by atoms with E-state index in [1.165, 1.54) is 0 Å². The molecule has 1 aliphatic rings. The Morgan fingerprint density at radius 3 is 2.38 bits per heavy atom. The summed E-state index contributed by atoms with van der Waals surface area (Å²) < 4.78 is 16.6. The lowest BCUT2D eigenvalue weighted by molar-refractivity contribution is 0.0742. The highest BCUT2D eigenvalue weighted by Crippen LogP contribution is 2.30. The number of carbonyl (C=O) groups is 1. The van der Waals surface area contributed by atoms with E-state index in [0.717, 1.165) is 16.7 Å². The summed E-state index contributed by atoms with van der Waals surface area (Å²) in [7, 11) is 3.22. The van der Waals surface area contributed by atoms with Gasteiger partial charge in [-0.05, 0) is 53.1 Å². The normalized spacial score (nSPS) is 13.3. The Morgan fingerprint density at radius 1 is 0.966 bits per heavy atom. The predicted octanol–water partition coefficient (Wildman–Crippen LogP) is 3.80. The maximum absolute atomic E-state index is 13.2. The largest absolute Gasteiger partial charge is 0.497 e. The minimum atomic E-state index is -0.0550. The van der Waals surface area contributed by atoms with Gasteiger partial charge in [-0.2, -0.15) is 0 Å². The number of nitrogens with zero attached hydrogens (tertiary/aromatic N) is 2. The van der Waals surface area contributed by atoms with Crippen LogP contribution in [0.1, 0.15) is 15.9 Å². The van der Waals surface area contributed by atoms with Gasteiger partial charge in [0.15, 0.2) is 0 Å². The predicted molar refractivity (Wildman–Crippen MR) is 109 cm³/mol. The molecule has 0 N–H and O–H groups in total. The minimum absolute atomic E-state index is 0.0550. The first kappa shape index (κ1) is 18.8. The van der Waals surface area contributed by atoms with Crippen LogP contribution in [0.3, 0.4) is 0 Å². The average Bonchev–Trinajstić information content (AvgIpc) is 2.92. The number of amides is 1. The van der Waals surface area contributed by atoms with Crippen molar-refractivity contribution in [2.24, 2.45) is 0 Å². The molecule has 0 fully saturated rings. The Hall–Kier alpha value is -3.54. The summed E-state index contributed by atoms with van der Waals surface area (Å²) in [4.78, 5) is 19.0. The number of aromatic nitrogens is 1. The van der Waals surface area contributed by atoms with Gasteiger partial charge < -0.3 is 19.1 Å². The first-order valence-corrected chi connectivity index (χ1v) is 9.36. The second kappa shape index (κ2) is 8.22. The van der Waals surface area contributed by atoms with Gasteiger partial charge in [0.1, 0.15) is 23.9 Å². The summed E-state index contributed by atoms with van der Waals surface area (Å²) in [5.74, 6) is 1.94. The molecule has 0 spiro atoms. The van der Waals surface area contributed by atoms with Gasteiger partial charge in [-0.25, -0.2) is 0 Å². The lowest BCUT2D eigenvalue weighted by Crippen LogP contribution is -2.31. The van der Waals surface area contributed by atoms with E-state index in [1.807, 2.05) is 48.5 Å². The molecule has 1 aromatic heterocycles. The lowest BCUT2D eigenvalue weighted by Gasteiger charge is -2.20. The molecule has 2 aromatic carbocycles. The van der Waals surface area contributed by atoms with E-state index >= 15 is 0 Å². The highest BCUT2D eigenvalue weighted by molar-refractivity contribution is 5.98. The molecule has 0 atom stereocenters. The molecular formula is C23H22N2O4. The Balaban J connectivity index is 1.61. The van der Waals surface area contributed by atoms with Crippen molar-refractivity contribution in [1.82, 2.24) is 9.88 Å². The van der Waals surface area contributed by atoms with Crippen molar-refractivity contribution in [3.05, 3.63) is 72.1 Å². The quantitative estimate of drug-likeness (QED) is 0.663. The Kier molecular flexibility index (Phi) is 5.33. The molecule has 0 saturated heterocycles. The van der Waals surface area contributed by atoms with Crippen LogP contribution in [0.25, 0.3) is 11.1 Å². The van der Waals surface area contributed by atoms with Gasteiger partial charge in [0.05, 0.1) is 26.3 Å². The average molecular weight is 390 g/mol. The van der Waals surface area contributed by atoms with Crippen LogP contribution in [-0.4, -0.2) is 43.2 Å². The number of ether oxygens (including phenoxy) is 3. The maximum atomic E-state index is 13.2. The van der Waals surface area contributed by atoms with Gasteiger partial charge in [0.25, 0.3) is 5.91 Å². The topological polar surface area (TPSA) is 60.9 Å². The molecule has 0 saturated carbocycles. The third kappa shape index (κ3) is 4.01. The van der Waals surface area contributed by atoms with E-state index in [4.69, 9.17) is 14.2 Å². The van der Waals surface area contributed by atoms with Crippen molar-refractivity contribution in [2.75, 3.05) is 27.4 Å². The number of hydrogen-bond acceptors (Lipinski definition) is 5.